The summed E-state index contributed by atoms with van der Waals surface area (Å²) in [5, 5.41) is 3.01. The summed E-state index contributed by atoms with van der Waals surface area (Å²) >= 11 is 1.38. The van der Waals surface area contributed by atoms with Crippen LogP contribution in [0.4, 0.5) is 0 Å². The van der Waals surface area contributed by atoms with Crippen LogP contribution in [0.15, 0.2) is 34.2 Å². The lowest BCUT2D eigenvalue weighted by Crippen LogP contribution is -2.48. The maximum Gasteiger partial charge on any atom is 0.269 e. The van der Waals surface area contributed by atoms with Gasteiger partial charge in [0.15, 0.2) is 5.17 Å². The summed E-state index contributed by atoms with van der Waals surface area (Å²) in [6, 6.07) is 4.79. The molecule has 0 saturated heterocycles. The first kappa shape index (κ1) is 15.0. The van der Waals surface area contributed by atoms with E-state index in [4.69, 9.17) is 0 Å². The van der Waals surface area contributed by atoms with E-state index in [1.807, 2.05) is 0 Å². The Kier molecular flexibility index (Phi) is 3.69. The third kappa shape index (κ3) is 2.30. The molecule has 0 aliphatic carbocycles. The molecule has 1 N–H and O–H groups in total. The number of amides is 2. The van der Waals surface area contributed by atoms with Crippen LogP contribution < -0.4 is 5.32 Å². The second-order valence-electron chi connectivity index (χ2n) is 4.80. The largest absolute Gasteiger partial charge is 0.304 e. The average Bonchev–Trinajstić information content (AvgIpc) is 3.05. The fourth-order valence-corrected chi connectivity index (χ4v) is 4.77. The number of hydrogen-bond acceptors (Lipinski definition) is 6. The van der Waals surface area contributed by atoms with E-state index in [2.05, 4.69) is 10.3 Å². The van der Waals surface area contributed by atoms with Crippen LogP contribution in [0.3, 0.4) is 0 Å². The summed E-state index contributed by atoms with van der Waals surface area (Å²) in [6.07, 6.45) is 0. The molecule has 0 fully saturated rings. The highest BCUT2D eigenvalue weighted by Crippen LogP contribution is 2.31. The minimum atomic E-state index is -4.00. The van der Waals surface area contributed by atoms with Crippen LogP contribution in [0.5, 0.6) is 0 Å². The van der Waals surface area contributed by atoms with Gasteiger partial charge in [0.25, 0.3) is 15.9 Å². The minimum absolute atomic E-state index is 0.0627. The van der Waals surface area contributed by atoms with Crippen molar-refractivity contribution in [3.05, 3.63) is 29.8 Å². The van der Waals surface area contributed by atoms with Crippen molar-refractivity contribution in [1.29, 1.82) is 0 Å². The third-order valence-electron chi connectivity index (χ3n) is 3.40. The molecule has 2 aliphatic rings. The number of carbonyl (C=O) groups is 2. The fourth-order valence-electron chi connectivity index (χ4n) is 2.31. The third-order valence-corrected chi connectivity index (χ3v) is 6.20. The first-order valence-corrected chi connectivity index (χ1v) is 9.01. The number of thioether (sulfide) groups is 1. The second-order valence-corrected chi connectivity index (χ2v) is 7.67. The van der Waals surface area contributed by atoms with Crippen LogP contribution in [0.1, 0.15) is 17.3 Å². The molecule has 0 radical (unpaired) electrons. The van der Waals surface area contributed by atoms with E-state index in [1.54, 1.807) is 12.1 Å². The number of fused-ring (bicyclic) bond motifs is 1. The van der Waals surface area contributed by atoms with Crippen molar-refractivity contribution in [2.75, 3.05) is 12.3 Å². The Bertz CT molecular complexity index is 788. The van der Waals surface area contributed by atoms with Crippen LogP contribution in [0.25, 0.3) is 0 Å². The Hall–Kier alpha value is -1.87. The van der Waals surface area contributed by atoms with Crippen molar-refractivity contribution >= 4 is 38.8 Å². The van der Waals surface area contributed by atoms with Gasteiger partial charge in [-0.15, -0.1) is 0 Å². The van der Waals surface area contributed by atoms with Crippen molar-refractivity contribution in [1.82, 2.24) is 9.62 Å². The van der Waals surface area contributed by atoms with E-state index < -0.39 is 27.9 Å². The van der Waals surface area contributed by atoms with E-state index in [0.29, 0.717) is 16.0 Å². The summed E-state index contributed by atoms with van der Waals surface area (Å²) in [7, 11) is -4.00. The highest BCUT2D eigenvalue weighted by molar-refractivity contribution is 8.14. The zero-order valence-corrected chi connectivity index (χ0v) is 13.3. The number of nitrogens with zero attached hydrogens (tertiary/aromatic N) is 2. The lowest BCUT2D eigenvalue weighted by Gasteiger charge is -2.22. The van der Waals surface area contributed by atoms with E-state index in [9.17, 15) is 18.0 Å². The van der Waals surface area contributed by atoms with Gasteiger partial charge in [-0.05, 0) is 19.1 Å². The Balaban J connectivity index is 1.89. The lowest BCUT2D eigenvalue weighted by molar-refractivity contribution is -0.122. The molecule has 0 aromatic heterocycles. The summed E-state index contributed by atoms with van der Waals surface area (Å²) in [6.45, 7) is 2.00. The fraction of sp³-hybridized carbons (Fsp3) is 0.308. The highest BCUT2D eigenvalue weighted by atomic mass is 32.2. The van der Waals surface area contributed by atoms with E-state index in [0.717, 1.165) is 5.75 Å². The number of carbonyl (C=O) groups excluding carboxylic acids is 2. The maximum absolute atomic E-state index is 12.5. The number of rotatable bonds is 2. The molecule has 1 atom stereocenters. The van der Waals surface area contributed by atoms with Gasteiger partial charge in [-0.25, -0.2) is 12.7 Å². The molecule has 116 valence electrons. The van der Waals surface area contributed by atoms with Crippen molar-refractivity contribution in [2.24, 2.45) is 4.99 Å². The van der Waals surface area contributed by atoms with Crippen LogP contribution in [-0.2, 0) is 14.8 Å². The van der Waals surface area contributed by atoms with Gasteiger partial charge in [-0.3, -0.25) is 14.6 Å². The first-order valence-electron chi connectivity index (χ1n) is 6.59. The molecular formula is C13H13N3O4S2. The normalized spacial score (nSPS) is 20.5. The summed E-state index contributed by atoms with van der Waals surface area (Å²) in [4.78, 5) is 28.5. The average molecular weight is 339 g/mol. The molecule has 2 heterocycles. The number of amidine groups is 1. The Morgan fingerprint density at radius 3 is 2.77 bits per heavy atom. The molecule has 9 heteroatoms. The van der Waals surface area contributed by atoms with Crippen molar-refractivity contribution in [3.8, 4) is 0 Å². The molecule has 22 heavy (non-hydrogen) atoms. The Morgan fingerprint density at radius 2 is 2.14 bits per heavy atom. The summed E-state index contributed by atoms with van der Waals surface area (Å²) in [5.41, 5.74) is 0.0923. The summed E-state index contributed by atoms with van der Waals surface area (Å²) in [5.74, 6) is -0.478. The predicted octanol–water partition coefficient (Wildman–Crippen LogP) is 0.439. The minimum Gasteiger partial charge on any atom is -0.304 e. The van der Waals surface area contributed by atoms with Gasteiger partial charge in [0.05, 0.1) is 12.1 Å². The van der Waals surface area contributed by atoms with E-state index in [1.165, 1.54) is 30.8 Å². The smallest absolute Gasteiger partial charge is 0.269 e. The first-order chi connectivity index (χ1) is 10.4. The zero-order valence-electron chi connectivity index (χ0n) is 11.6. The molecule has 0 bridgehead atoms. The van der Waals surface area contributed by atoms with Crippen LogP contribution >= 0.6 is 11.8 Å². The SMILES string of the molecule is C[C@H](C(=O)NC1=NCCS1)N1C(=O)c2ccccc2S1(=O)=O. The lowest BCUT2D eigenvalue weighted by atomic mass is 10.2. The quantitative estimate of drug-likeness (QED) is 0.843. The molecular weight excluding hydrogens is 326 g/mol. The molecule has 7 nitrogen and oxygen atoms in total. The Morgan fingerprint density at radius 1 is 1.41 bits per heavy atom. The van der Waals surface area contributed by atoms with E-state index in [-0.39, 0.29) is 10.5 Å². The standard InChI is InChI=1S/C13H13N3O4S2/c1-8(11(17)15-13-14-6-7-21-13)16-12(18)9-4-2-3-5-10(9)22(16,19)20/h2-5,8H,6-7H2,1H3,(H,14,15,17)/t8-/m1/s1. The topological polar surface area (TPSA) is 95.9 Å². The monoisotopic (exact) mass is 339 g/mol. The molecule has 3 rings (SSSR count). The van der Waals surface area contributed by atoms with Gasteiger partial charge in [0.2, 0.25) is 5.91 Å². The van der Waals surface area contributed by atoms with Gasteiger partial charge in [0, 0.05) is 5.75 Å². The van der Waals surface area contributed by atoms with Crippen molar-refractivity contribution in [2.45, 2.75) is 17.9 Å². The summed E-state index contributed by atoms with van der Waals surface area (Å²) < 4.78 is 25.6. The van der Waals surface area contributed by atoms with Gasteiger partial charge in [0.1, 0.15) is 10.9 Å². The number of sulfonamides is 1. The molecule has 1 aromatic rings. The molecule has 2 amide bonds. The Labute approximate surface area is 131 Å². The van der Waals surface area contributed by atoms with Crippen LogP contribution in [-0.4, -0.2) is 48.0 Å². The molecule has 1 aromatic carbocycles. The van der Waals surface area contributed by atoms with Crippen LogP contribution in [0.2, 0.25) is 0 Å². The molecule has 2 aliphatic heterocycles. The molecule has 0 spiro atoms. The van der Waals surface area contributed by atoms with E-state index >= 15 is 0 Å². The van der Waals surface area contributed by atoms with Crippen molar-refractivity contribution in [3.63, 3.8) is 0 Å². The van der Waals surface area contributed by atoms with Gasteiger partial charge in [-0.2, -0.15) is 0 Å². The predicted molar refractivity (Wildman–Crippen MR) is 82.2 cm³/mol. The zero-order chi connectivity index (χ0) is 15.9. The number of aliphatic imine (C=N–C) groups is 1. The van der Waals surface area contributed by atoms with Gasteiger partial charge < -0.3 is 5.32 Å². The number of benzene rings is 1. The van der Waals surface area contributed by atoms with Crippen molar-refractivity contribution < 1.29 is 18.0 Å². The number of hydrogen-bond donors (Lipinski definition) is 1. The molecule has 0 saturated carbocycles. The maximum atomic E-state index is 12.5. The molecule has 0 unspecified atom stereocenters. The number of nitrogens with one attached hydrogen (secondary N) is 1. The second kappa shape index (κ2) is 5.40. The van der Waals surface area contributed by atoms with Gasteiger partial charge in [-0.1, -0.05) is 23.9 Å². The van der Waals surface area contributed by atoms with Crippen LogP contribution in [0, 0.1) is 0 Å². The van der Waals surface area contributed by atoms with Gasteiger partial charge >= 0.3 is 0 Å². The highest BCUT2D eigenvalue weighted by Gasteiger charge is 2.45.